The molecule has 0 saturated carbocycles. The highest BCUT2D eigenvalue weighted by molar-refractivity contribution is 5.86. The monoisotopic (exact) mass is 326 g/mol. The molecule has 0 fully saturated rings. The van der Waals surface area contributed by atoms with Gasteiger partial charge < -0.3 is 15.8 Å². The van der Waals surface area contributed by atoms with Gasteiger partial charge in [-0.15, -0.1) is 0 Å². The first-order valence-corrected chi connectivity index (χ1v) is 7.84. The van der Waals surface area contributed by atoms with Gasteiger partial charge in [0.1, 0.15) is 11.8 Å². The van der Waals surface area contributed by atoms with Gasteiger partial charge in [-0.2, -0.15) is 0 Å². The number of ether oxygens (including phenoxy) is 1. The highest BCUT2D eigenvalue weighted by atomic mass is 16.5. The van der Waals surface area contributed by atoms with Gasteiger partial charge in [-0.05, 0) is 29.7 Å². The molecule has 0 aliphatic carbocycles. The van der Waals surface area contributed by atoms with Crippen LogP contribution in [0.25, 0.3) is 0 Å². The van der Waals surface area contributed by atoms with Crippen LogP contribution in [0.2, 0.25) is 0 Å². The molecule has 2 aromatic rings. The van der Waals surface area contributed by atoms with Crippen molar-refractivity contribution in [3.05, 3.63) is 65.7 Å². The Hall–Kier alpha value is -2.82. The Labute approximate surface area is 141 Å². The summed E-state index contributed by atoms with van der Waals surface area (Å²) in [6.45, 7) is 0. The lowest BCUT2D eigenvalue weighted by Gasteiger charge is -2.16. The summed E-state index contributed by atoms with van der Waals surface area (Å²) in [6, 6.07) is 16.3. The number of benzene rings is 2. The van der Waals surface area contributed by atoms with Crippen molar-refractivity contribution in [2.24, 2.45) is 5.73 Å². The van der Waals surface area contributed by atoms with E-state index >= 15 is 0 Å². The Balaban J connectivity index is 1.92. The summed E-state index contributed by atoms with van der Waals surface area (Å²) in [5, 5.41) is 2.72. The van der Waals surface area contributed by atoms with Crippen LogP contribution in [0.1, 0.15) is 17.5 Å². The zero-order valence-corrected chi connectivity index (χ0v) is 13.7. The molecule has 2 rings (SSSR count). The molecule has 0 aliphatic heterocycles. The molecule has 1 atom stereocenters. The molecule has 2 aromatic carbocycles. The first kappa shape index (κ1) is 17.5. The topological polar surface area (TPSA) is 81.4 Å². The Bertz CT molecular complexity index is 686. The molecular weight excluding hydrogens is 304 g/mol. The van der Waals surface area contributed by atoms with E-state index in [2.05, 4.69) is 5.32 Å². The fraction of sp³-hybridized carbons (Fsp3) is 0.263. The highest BCUT2D eigenvalue weighted by Crippen LogP contribution is 2.14. The minimum absolute atomic E-state index is 0.189. The summed E-state index contributed by atoms with van der Waals surface area (Å²) in [7, 11) is 1.58. The zero-order valence-electron chi connectivity index (χ0n) is 13.7. The molecule has 0 aliphatic rings. The van der Waals surface area contributed by atoms with E-state index < -0.39 is 11.9 Å². The maximum atomic E-state index is 12.1. The first-order valence-electron chi connectivity index (χ1n) is 7.84. The van der Waals surface area contributed by atoms with Crippen molar-refractivity contribution in [1.82, 2.24) is 5.32 Å². The molecule has 126 valence electrons. The summed E-state index contributed by atoms with van der Waals surface area (Å²) < 4.78 is 5.16. The minimum Gasteiger partial charge on any atom is -0.497 e. The maximum absolute atomic E-state index is 12.1. The van der Waals surface area contributed by atoms with Crippen LogP contribution in [-0.2, 0) is 22.4 Å². The van der Waals surface area contributed by atoms with Crippen LogP contribution >= 0.6 is 0 Å². The van der Waals surface area contributed by atoms with E-state index in [9.17, 15) is 9.59 Å². The van der Waals surface area contributed by atoms with Crippen molar-refractivity contribution in [2.45, 2.75) is 25.3 Å². The molecule has 0 heterocycles. The molecular formula is C19H22N2O3. The van der Waals surface area contributed by atoms with E-state index in [1.54, 1.807) is 7.11 Å². The Morgan fingerprint density at radius 2 is 1.79 bits per heavy atom. The molecule has 2 amide bonds. The number of carbonyl (C=O) groups excluding carboxylic acids is 2. The number of amides is 2. The minimum atomic E-state index is -0.736. The van der Waals surface area contributed by atoms with E-state index in [0.29, 0.717) is 25.0 Å². The van der Waals surface area contributed by atoms with Crippen LogP contribution in [0.3, 0.4) is 0 Å². The standard InChI is InChI=1S/C19H22N2O3/c1-24-16-9-5-8-15(12-16)13-17(19(20)23)21-18(22)11-10-14-6-3-2-4-7-14/h2-9,12,17H,10-11,13H2,1H3,(H2,20,23)(H,21,22)/t17-/m0/s1. The fourth-order valence-electron chi connectivity index (χ4n) is 2.43. The molecule has 0 saturated heterocycles. The third kappa shape index (κ3) is 5.43. The van der Waals surface area contributed by atoms with Gasteiger partial charge in [-0.1, -0.05) is 42.5 Å². The lowest BCUT2D eigenvalue weighted by molar-refractivity contribution is -0.127. The van der Waals surface area contributed by atoms with Crippen molar-refractivity contribution in [2.75, 3.05) is 7.11 Å². The number of nitrogens with two attached hydrogens (primary N) is 1. The Morgan fingerprint density at radius 3 is 2.46 bits per heavy atom. The number of nitrogens with one attached hydrogen (secondary N) is 1. The van der Waals surface area contributed by atoms with Crippen LogP contribution in [-0.4, -0.2) is 25.0 Å². The van der Waals surface area contributed by atoms with Crippen LogP contribution in [0.4, 0.5) is 0 Å². The fourth-order valence-corrected chi connectivity index (χ4v) is 2.43. The van der Waals surface area contributed by atoms with Crippen molar-refractivity contribution in [3.63, 3.8) is 0 Å². The number of carbonyl (C=O) groups is 2. The van der Waals surface area contributed by atoms with E-state index in [1.807, 2.05) is 54.6 Å². The summed E-state index contributed by atoms with van der Waals surface area (Å²) in [5.41, 5.74) is 7.38. The molecule has 0 aromatic heterocycles. The SMILES string of the molecule is COc1cccc(C[C@H](NC(=O)CCc2ccccc2)C(N)=O)c1. The average molecular weight is 326 g/mol. The van der Waals surface area contributed by atoms with Gasteiger partial charge in [0.05, 0.1) is 7.11 Å². The predicted octanol–water partition coefficient (Wildman–Crippen LogP) is 1.84. The van der Waals surface area contributed by atoms with Crippen molar-refractivity contribution >= 4 is 11.8 Å². The number of methoxy groups -OCH3 is 1. The lowest BCUT2D eigenvalue weighted by Crippen LogP contribution is -2.45. The second-order valence-corrected chi connectivity index (χ2v) is 5.56. The number of primary amides is 1. The van der Waals surface area contributed by atoms with Crippen LogP contribution in [0.5, 0.6) is 5.75 Å². The molecule has 0 unspecified atom stereocenters. The highest BCUT2D eigenvalue weighted by Gasteiger charge is 2.18. The average Bonchev–Trinajstić information content (AvgIpc) is 2.60. The number of hydrogen-bond donors (Lipinski definition) is 2. The van der Waals surface area contributed by atoms with E-state index in [1.165, 1.54) is 0 Å². The van der Waals surface area contributed by atoms with Gasteiger partial charge in [0.25, 0.3) is 0 Å². The second kappa shape index (κ2) is 8.72. The van der Waals surface area contributed by atoms with Gasteiger partial charge in [-0.3, -0.25) is 9.59 Å². The second-order valence-electron chi connectivity index (χ2n) is 5.56. The molecule has 3 N–H and O–H groups in total. The van der Waals surface area contributed by atoms with Gasteiger partial charge in [0.15, 0.2) is 0 Å². The Morgan fingerprint density at radius 1 is 1.08 bits per heavy atom. The molecule has 0 bridgehead atoms. The summed E-state index contributed by atoms with van der Waals surface area (Å²) in [5.74, 6) is -0.0393. The zero-order chi connectivity index (χ0) is 17.4. The maximum Gasteiger partial charge on any atom is 0.240 e. The van der Waals surface area contributed by atoms with Gasteiger partial charge in [0.2, 0.25) is 11.8 Å². The molecule has 5 nitrogen and oxygen atoms in total. The van der Waals surface area contributed by atoms with Gasteiger partial charge >= 0.3 is 0 Å². The first-order chi connectivity index (χ1) is 11.6. The van der Waals surface area contributed by atoms with E-state index in [0.717, 1.165) is 11.1 Å². The van der Waals surface area contributed by atoms with Crippen LogP contribution in [0.15, 0.2) is 54.6 Å². The lowest BCUT2D eigenvalue weighted by atomic mass is 10.0. The molecule has 5 heteroatoms. The third-order valence-corrected chi connectivity index (χ3v) is 3.74. The number of aryl methyl sites for hydroxylation is 1. The smallest absolute Gasteiger partial charge is 0.240 e. The van der Waals surface area contributed by atoms with Gasteiger partial charge in [0, 0.05) is 12.8 Å². The van der Waals surface area contributed by atoms with Crippen molar-refractivity contribution in [1.29, 1.82) is 0 Å². The molecule has 0 radical (unpaired) electrons. The number of hydrogen-bond acceptors (Lipinski definition) is 3. The summed E-state index contributed by atoms with van der Waals surface area (Å²) in [4.78, 5) is 23.7. The van der Waals surface area contributed by atoms with Crippen LogP contribution in [0, 0.1) is 0 Å². The van der Waals surface area contributed by atoms with E-state index in [-0.39, 0.29) is 5.91 Å². The van der Waals surface area contributed by atoms with Crippen molar-refractivity contribution in [3.8, 4) is 5.75 Å². The quantitative estimate of drug-likeness (QED) is 0.776. The summed E-state index contributed by atoms with van der Waals surface area (Å²) >= 11 is 0. The largest absolute Gasteiger partial charge is 0.497 e. The number of rotatable bonds is 8. The van der Waals surface area contributed by atoms with Gasteiger partial charge in [-0.25, -0.2) is 0 Å². The van der Waals surface area contributed by atoms with Crippen molar-refractivity contribution < 1.29 is 14.3 Å². The third-order valence-electron chi connectivity index (χ3n) is 3.74. The van der Waals surface area contributed by atoms with E-state index in [4.69, 9.17) is 10.5 Å². The molecule has 24 heavy (non-hydrogen) atoms. The molecule has 0 spiro atoms. The Kier molecular flexibility index (Phi) is 6.37. The predicted molar refractivity (Wildman–Crippen MR) is 92.6 cm³/mol. The van der Waals surface area contributed by atoms with Crippen LogP contribution < -0.4 is 15.8 Å². The normalized spacial score (nSPS) is 11.5. The summed E-state index contributed by atoms with van der Waals surface area (Å²) in [6.07, 6.45) is 1.27.